The lowest BCUT2D eigenvalue weighted by Gasteiger charge is -2.26. The number of hydrogen-bond acceptors (Lipinski definition) is 5. The molecule has 25 heavy (non-hydrogen) atoms. The molecular weight excluding hydrogens is 366 g/mol. The van der Waals surface area contributed by atoms with Gasteiger partial charge in [-0.3, -0.25) is 0 Å². The fourth-order valence-electron chi connectivity index (χ4n) is 2.39. The number of nitrogens with zero attached hydrogens (tertiary/aromatic N) is 1. The van der Waals surface area contributed by atoms with Crippen LogP contribution in [-0.4, -0.2) is 45.0 Å². The molecule has 2 aromatic rings. The van der Waals surface area contributed by atoms with E-state index in [1.807, 2.05) is 0 Å². The predicted molar refractivity (Wildman–Crippen MR) is 92.4 cm³/mol. The maximum atomic E-state index is 12.7. The molecule has 0 spiro atoms. The highest BCUT2D eigenvalue weighted by molar-refractivity contribution is 7.89. The van der Waals surface area contributed by atoms with Gasteiger partial charge >= 0.3 is 5.97 Å². The summed E-state index contributed by atoms with van der Waals surface area (Å²) < 4.78 is 37.1. The minimum absolute atomic E-state index is 0.0555. The van der Waals surface area contributed by atoms with Crippen LogP contribution in [0.5, 0.6) is 5.75 Å². The first-order chi connectivity index (χ1) is 12.0. The lowest BCUT2D eigenvalue weighted by atomic mass is 10.2. The van der Waals surface area contributed by atoms with Crippen LogP contribution in [0.4, 0.5) is 0 Å². The Bertz CT molecular complexity index is 861. The molecule has 0 saturated carbocycles. The monoisotopic (exact) mass is 381 g/mol. The highest BCUT2D eigenvalue weighted by atomic mass is 35.5. The smallest absolute Gasteiger partial charge is 0.343 e. The number of sulfonamides is 1. The quantitative estimate of drug-likeness (QED) is 0.601. The summed E-state index contributed by atoms with van der Waals surface area (Å²) in [7, 11) is -3.67. The van der Waals surface area contributed by atoms with E-state index < -0.39 is 16.0 Å². The molecule has 0 unspecified atom stereocenters. The van der Waals surface area contributed by atoms with Crippen molar-refractivity contribution < 1.29 is 22.7 Å². The van der Waals surface area contributed by atoms with Crippen LogP contribution in [0.3, 0.4) is 0 Å². The molecule has 0 amide bonds. The van der Waals surface area contributed by atoms with Crippen LogP contribution >= 0.6 is 11.6 Å². The van der Waals surface area contributed by atoms with Gasteiger partial charge in [-0.2, -0.15) is 4.31 Å². The van der Waals surface area contributed by atoms with Crippen LogP contribution < -0.4 is 4.74 Å². The Kier molecular flexibility index (Phi) is 5.39. The Morgan fingerprint density at radius 1 is 1.08 bits per heavy atom. The molecule has 6 nitrogen and oxygen atoms in total. The van der Waals surface area contributed by atoms with Crippen LogP contribution in [0.25, 0.3) is 0 Å². The predicted octanol–water partition coefficient (Wildman–Crippen LogP) is 2.58. The molecular formula is C17H16ClNO5S. The standard InChI is InChI=1S/C17H16ClNO5S/c18-14-4-6-15(7-5-14)24-17(20)13-2-1-3-16(12-13)25(21,22)19-8-10-23-11-9-19/h1-7,12H,8-11H2. The highest BCUT2D eigenvalue weighted by Crippen LogP contribution is 2.20. The average molecular weight is 382 g/mol. The van der Waals surface area contributed by atoms with Crippen molar-refractivity contribution in [1.29, 1.82) is 0 Å². The SMILES string of the molecule is O=C(Oc1ccc(Cl)cc1)c1cccc(S(=O)(=O)N2CCOCC2)c1. The summed E-state index contributed by atoms with van der Waals surface area (Å²) in [5.41, 5.74) is 0.157. The third-order valence-corrected chi connectivity index (χ3v) is 5.85. The van der Waals surface area contributed by atoms with Crippen molar-refractivity contribution in [2.75, 3.05) is 26.3 Å². The van der Waals surface area contributed by atoms with Gasteiger partial charge in [0.1, 0.15) is 5.75 Å². The van der Waals surface area contributed by atoms with Crippen molar-refractivity contribution in [2.24, 2.45) is 0 Å². The second-order valence-electron chi connectivity index (χ2n) is 5.39. The number of ether oxygens (including phenoxy) is 2. The van der Waals surface area contributed by atoms with Crippen molar-refractivity contribution >= 4 is 27.6 Å². The summed E-state index contributed by atoms with van der Waals surface area (Å²) in [4.78, 5) is 12.3. The van der Waals surface area contributed by atoms with Crippen molar-refractivity contribution in [2.45, 2.75) is 4.90 Å². The average Bonchev–Trinajstić information content (AvgIpc) is 2.64. The third-order valence-electron chi connectivity index (χ3n) is 3.70. The van der Waals surface area contributed by atoms with E-state index in [2.05, 4.69) is 0 Å². The highest BCUT2D eigenvalue weighted by Gasteiger charge is 2.27. The molecule has 0 aliphatic carbocycles. The zero-order valence-electron chi connectivity index (χ0n) is 13.2. The van der Waals surface area contributed by atoms with E-state index in [0.717, 1.165) is 0 Å². The molecule has 1 saturated heterocycles. The molecule has 0 atom stereocenters. The first kappa shape index (κ1) is 17.9. The van der Waals surface area contributed by atoms with E-state index in [-0.39, 0.29) is 10.5 Å². The fourth-order valence-corrected chi connectivity index (χ4v) is 3.97. The van der Waals surface area contributed by atoms with Crippen LogP contribution in [0.15, 0.2) is 53.4 Å². The molecule has 0 N–H and O–H groups in total. The minimum Gasteiger partial charge on any atom is -0.423 e. The van der Waals surface area contributed by atoms with Gasteiger partial charge in [-0.1, -0.05) is 17.7 Å². The van der Waals surface area contributed by atoms with Crippen molar-refractivity contribution in [1.82, 2.24) is 4.31 Å². The number of hydrogen-bond donors (Lipinski definition) is 0. The summed E-state index contributed by atoms with van der Waals surface area (Å²) in [6.07, 6.45) is 0. The van der Waals surface area contributed by atoms with Gasteiger partial charge in [0.05, 0.1) is 23.7 Å². The summed E-state index contributed by atoms with van der Waals surface area (Å²) >= 11 is 5.79. The summed E-state index contributed by atoms with van der Waals surface area (Å²) in [5, 5.41) is 0.526. The zero-order valence-corrected chi connectivity index (χ0v) is 14.8. The second kappa shape index (κ2) is 7.53. The molecule has 0 radical (unpaired) electrons. The molecule has 1 aliphatic heterocycles. The van der Waals surface area contributed by atoms with Crippen molar-refractivity contribution in [3.8, 4) is 5.75 Å². The van der Waals surface area contributed by atoms with E-state index in [4.69, 9.17) is 21.1 Å². The maximum absolute atomic E-state index is 12.7. The van der Waals surface area contributed by atoms with Gasteiger partial charge in [0.2, 0.25) is 10.0 Å². The van der Waals surface area contributed by atoms with E-state index in [0.29, 0.717) is 37.1 Å². The Morgan fingerprint density at radius 2 is 1.76 bits per heavy atom. The molecule has 3 rings (SSSR count). The number of benzene rings is 2. The largest absolute Gasteiger partial charge is 0.423 e. The van der Waals surface area contributed by atoms with Crippen LogP contribution in [0.1, 0.15) is 10.4 Å². The van der Waals surface area contributed by atoms with Gasteiger partial charge in [0, 0.05) is 18.1 Å². The molecule has 0 aromatic heterocycles. The molecule has 0 bridgehead atoms. The second-order valence-corrected chi connectivity index (χ2v) is 7.76. The summed E-state index contributed by atoms with van der Waals surface area (Å²) in [5.74, 6) is -0.308. The number of morpholine rings is 1. The fraction of sp³-hybridized carbons (Fsp3) is 0.235. The molecule has 1 fully saturated rings. The van der Waals surface area contributed by atoms with Crippen molar-refractivity contribution in [3.05, 3.63) is 59.1 Å². The molecule has 132 valence electrons. The van der Waals surface area contributed by atoms with Gasteiger partial charge in [-0.25, -0.2) is 13.2 Å². The summed E-state index contributed by atoms with van der Waals surface area (Å²) in [6.45, 7) is 1.30. The number of carbonyl (C=O) groups is 1. The Hall–Kier alpha value is -1.93. The van der Waals surface area contributed by atoms with E-state index in [9.17, 15) is 13.2 Å². The molecule has 2 aromatic carbocycles. The zero-order chi connectivity index (χ0) is 17.9. The van der Waals surface area contributed by atoms with Crippen LogP contribution in [-0.2, 0) is 14.8 Å². The minimum atomic E-state index is -3.67. The van der Waals surface area contributed by atoms with E-state index in [1.54, 1.807) is 24.3 Å². The number of rotatable bonds is 4. The summed E-state index contributed by atoms with van der Waals surface area (Å²) in [6, 6.07) is 12.1. The Labute approximate surface area is 151 Å². The Balaban J connectivity index is 1.80. The van der Waals surface area contributed by atoms with Gasteiger partial charge in [0.25, 0.3) is 0 Å². The lowest BCUT2D eigenvalue weighted by Crippen LogP contribution is -2.40. The van der Waals surface area contributed by atoms with Gasteiger partial charge in [0.15, 0.2) is 0 Å². The van der Waals surface area contributed by atoms with Crippen LogP contribution in [0, 0.1) is 0 Å². The first-order valence-electron chi connectivity index (χ1n) is 7.62. The molecule has 1 heterocycles. The van der Waals surface area contributed by atoms with Crippen LogP contribution in [0.2, 0.25) is 5.02 Å². The maximum Gasteiger partial charge on any atom is 0.343 e. The number of halogens is 1. The Morgan fingerprint density at radius 3 is 2.44 bits per heavy atom. The lowest BCUT2D eigenvalue weighted by molar-refractivity contribution is 0.0727. The van der Waals surface area contributed by atoms with E-state index >= 15 is 0 Å². The topological polar surface area (TPSA) is 72.9 Å². The number of carbonyl (C=O) groups excluding carboxylic acids is 1. The van der Waals surface area contributed by atoms with Crippen molar-refractivity contribution in [3.63, 3.8) is 0 Å². The molecule has 1 aliphatic rings. The third kappa shape index (κ3) is 4.19. The number of esters is 1. The van der Waals surface area contributed by atoms with Gasteiger partial charge in [-0.05, 0) is 42.5 Å². The van der Waals surface area contributed by atoms with Gasteiger partial charge in [-0.15, -0.1) is 0 Å². The van der Waals surface area contributed by atoms with Gasteiger partial charge < -0.3 is 9.47 Å². The normalized spacial score (nSPS) is 15.7. The van der Waals surface area contributed by atoms with E-state index in [1.165, 1.54) is 28.6 Å². The first-order valence-corrected chi connectivity index (χ1v) is 9.44. The molecule has 8 heteroatoms.